The molecule has 160 valence electrons. The minimum Gasteiger partial charge on any atom is -0.394 e. The first kappa shape index (κ1) is 21.2. The minimum absolute atomic E-state index is 0.294. The van der Waals surface area contributed by atoms with Gasteiger partial charge in [0.15, 0.2) is 0 Å². The Hall–Kier alpha value is -3.01. The quantitative estimate of drug-likeness (QED) is 0.568. The largest absolute Gasteiger partial charge is 0.394 e. The lowest BCUT2D eigenvalue weighted by atomic mass is 10.1. The highest BCUT2D eigenvalue weighted by Gasteiger charge is 2.36. The number of thiophene rings is 1. The number of piperazine rings is 1. The van der Waals surface area contributed by atoms with Gasteiger partial charge in [0.25, 0.3) is 0 Å². The summed E-state index contributed by atoms with van der Waals surface area (Å²) in [7, 11) is 0. The highest BCUT2D eigenvalue weighted by Crippen LogP contribution is 2.23. The van der Waals surface area contributed by atoms with Crippen LogP contribution in [0.5, 0.6) is 0 Å². The van der Waals surface area contributed by atoms with Crippen molar-refractivity contribution in [3.63, 3.8) is 0 Å². The number of nitrogens with two attached hydrogens (primary N) is 1. The zero-order valence-corrected chi connectivity index (χ0v) is 18.0. The van der Waals surface area contributed by atoms with Gasteiger partial charge in [-0.05, 0) is 35.9 Å². The molecule has 0 unspecified atom stereocenters. The lowest BCUT2D eigenvalue weighted by molar-refractivity contribution is -0.151. The van der Waals surface area contributed by atoms with Gasteiger partial charge in [0.2, 0.25) is 11.8 Å². The van der Waals surface area contributed by atoms with E-state index >= 15 is 0 Å². The van der Waals surface area contributed by atoms with Crippen molar-refractivity contribution in [2.24, 2.45) is 0 Å². The summed E-state index contributed by atoms with van der Waals surface area (Å²) in [5.41, 5.74) is 7.44. The molecule has 0 saturated carbocycles. The van der Waals surface area contributed by atoms with Gasteiger partial charge in [-0.3, -0.25) is 9.59 Å². The van der Waals surface area contributed by atoms with Crippen molar-refractivity contribution in [3.05, 3.63) is 57.5 Å². The monoisotopic (exact) mass is 457 g/mol. The number of carbonyl (C=O) groups excluding carboxylic acids is 2. The lowest BCUT2D eigenvalue weighted by Gasteiger charge is -2.39. The van der Waals surface area contributed by atoms with Crippen molar-refractivity contribution >= 4 is 57.5 Å². The van der Waals surface area contributed by atoms with Crippen LogP contribution < -0.4 is 5.73 Å². The number of hydrogen-bond donors (Lipinski definition) is 2. The van der Waals surface area contributed by atoms with Crippen LogP contribution in [-0.2, 0) is 16.1 Å². The zero-order valence-electron chi connectivity index (χ0n) is 16.4. The number of aliphatic hydroxyl groups is 1. The van der Waals surface area contributed by atoms with Crippen molar-refractivity contribution in [3.8, 4) is 0 Å². The Bertz CT molecular complexity index is 1160. The second-order valence-corrected chi connectivity index (χ2v) is 8.82. The molecule has 3 N–H and O–H groups in total. The minimum atomic E-state index is -0.920. The number of nitrogen functional groups attached to an aromatic ring is 1. The summed E-state index contributed by atoms with van der Waals surface area (Å²) in [5.74, 6) is -0.218. The van der Waals surface area contributed by atoms with Gasteiger partial charge in [0.05, 0.1) is 16.5 Å². The topological polar surface area (TPSA) is 113 Å². The van der Waals surface area contributed by atoms with Gasteiger partial charge in [0.1, 0.15) is 18.2 Å². The van der Waals surface area contributed by atoms with E-state index in [1.165, 1.54) is 28.6 Å². The number of carbonyl (C=O) groups is 2. The predicted octanol–water partition coefficient (Wildman–Crippen LogP) is 2.17. The number of benzene rings is 1. The fourth-order valence-electron chi connectivity index (χ4n) is 3.55. The van der Waals surface area contributed by atoms with Gasteiger partial charge in [-0.15, -0.1) is 11.3 Å². The number of halogens is 1. The number of fused-ring (bicyclic) bond motifs is 1. The van der Waals surface area contributed by atoms with Gasteiger partial charge in [-0.25, -0.2) is 9.97 Å². The van der Waals surface area contributed by atoms with Gasteiger partial charge < -0.3 is 20.6 Å². The molecule has 1 atom stereocenters. The summed E-state index contributed by atoms with van der Waals surface area (Å²) in [6, 6.07) is 8.20. The van der Waals surface area contributed by atoms with Crippen LogP contribution in [0.2, 0.25) is 4.34 Å². The number of amides is 2. The van der Waals surface area contributed by atoms with Crippen LogP contribution in [0.15, 0.2) is 42.7 Å². The van der Waals surface area contributed by atoms with Crippen LogP contribution >= 0.6 is 22.9 Å². The van der Waals surface area contributed by atoms with E-state index in [2.05, 4.69) is 9.97 Å². The van der Waals surface area contributed by atoms with E-state index < -0.39 is 12.6 Å². The van der Waals surface area contributed by atoms with Crippen LogP contribution in [0, 0.1) is 0 Å². The fourth-order valence-corrected chi connectivity index (χ4v) is 4.51. The molecular formula is C21H20ClN5O3S. The normalized spacial score (nSPS) is 17.1. The van der Waals surface area contributed by atoms with Crippen molar-refractivity contribution < 1.29 is 14.7 Å². The van der Waals surface area contributed by atoms with E-state index in [0.717, 1.165) is 15.8 Å². The molecule has 1 aliphatic heterocycles. The van der Waals surface area contributed by atoms with Crippen LogP contribution in [0.1, 0.15) is 10.4 Å². The van der Waals surface area contributed by atoms with E-state index in [1.807, 2.05) is 24.3 Å². The first-order valence-corrected chi connectivity index (χ1v) is 10.8. The predicted molar refractivity (Wildman–Crippen MR) is 120 cm³/mol. The third-order valence-electron chi connectivity index (χ3n) is 5.13. The average molecular weight is 458 g/mol. The molecule has 31 heavy (non-hydrogen) atoms. The zero-order chi connectivity index (χ0) is 22.0. The molecule has 4 rings (SSSR count). The van der Waals surface area contributed by atoms with Crippen LogP contribution in [-0.4, -0.2) is 62.4 Å². The van der Waals surface area contributed by atoms with E-state index in [-0.39, 0.29) is 11.8 Å². The Balaban J connectivity index is 1.46. The third kappa shape index (κ3) is 4.53. The maximum atomic E-state index is 13.0. The average Bonchev–Trinajstić information content (AvgIpc) is 3.18. The van der Waals surface area contributed by atoms with Crippen molar-refractivity contribution in [2.75, 3.05) is 25.4 Å². The summed E-state index contributed by atoms with van der Waals surface area (Å²) < 4.78 is 0.631. The molecule has 1 saturated heterocycles. The molecule has 0 spiro atoms. The smallest absolute Gasteiger partial charge is 0.248 e. The van der Waals surface area contributed by atoms with Gasteiger partial charge >= 0.3 is 0 Å². The summed E-state index contributed by atoms with van der Waals surface area (Å²) in [6.45, 7) is 0.597. The second kappa shape index (κ2) is 9.01. The first-order valence-electron chi connectivity index (χ1n) is 9.59. The number of aliphatic hydroxyl groups excluding tert-OH is 1. The molecule has 3 heterocycles. The maximum absolute atomic E-state index is 13.0. The summed E-state index contributed by atoms with van der Waals surface area (Å²) in [5, 5.41) is 10.6. The van der Waals surface area contributed by atoms with Crippen LogP contribution in [0.3, 0.4) is 0 Å². The Morgan fingerprint density at radius 1 is 1.29 bits per heavy atom. The molecule has 1 aromatic carbocycles. The molecule has 2 amide bonds. The number of anilines is 1. The molecule has 8 nitrogen and oxygen atoms in total. The van der Waals surface area contributed by atoms with Crippen molar-refractivity contribution in [2.45, 2.75) is 12.6 Å². The maximum Gasteiger partial charge on any atom is 0.248 e. The second-order valence-electron chi connectivity index (χ2n) is 7.08. The standard InChI is InChI=1S/C21H20ClN5O3S/c22-18-5-2-14(31-18)3-6-19(29)27-8-7-26(21(30)17(27)11-28)10-13-1-4-15-16(9-13)24-12-25-20(15)23/h1-6,9,12,17,28H,7-8,10-11H2,(H2,23,24,25)/t17-/m0/s1. The van der Waals surface area contributed by atoms with E-state index in [0.29, 0.717) is 35.3 Å². The van der Waals surface area contributed by atoms with E-state index in [1.54, 1.807) is 17.0 Å². The van der Waals surface area contributed by atoms with E-state index in [9.17, 15) is 14.7 Å². The Morgan fingerprint density at radius 2 is 2.13 bits per heavy atom. The summed E-state index contributed by atoms with van der Waals surface area (Å²) >= 11 is 7.26. The molecule has 0 aliphatic carbocycles. The van der Waals surface area contributed by atoms with Gasteiger partial charge in [-0.1, -0.05) is 17.7 Å². The lowest BCUT2D eigenvalue weighted by Crippen LogP contribution is -2.59. The molecule has 3 aromatic rings. The Kier molecular flexibility index (Phi) is 6.17. The van der Waals surface area contributed by atoms with Crippen molar-refractivity contribution in [1.82, 2.24) is 19.8 Å². The highest BCUT2D eigenvalue weighted by molar-refractivity contribution is 7.17. The SMILES string of the molecule is Nc1ncnc2cc(CN3CCN(C(=O)C=Cc4ccc(Cl)s4)[C@@H](CO)C3=O)ccc12. The number of aromatic nitrogens is 2. The summed E-state index contributed by atoms with van der Waals surface area (Å²) in [4.78, 5) is 37.7. The Labute approximate surface area is 187 Å². The molecule has 0 bridgehead atoms. The van der Waals surface area contributed by atoms with E-state index in [4.69, 9.17) is 17.3 Å². The summed E-state index contributed by atoms with van der Waals surface area (Å²) in [6.07, 6.45) is 4.46. The van der Waals surface area contributed by atoms with Crippen LogP contribution in [0.4, 0.5) is 5.82 Å². The number of nitrogens with zero attached hydrogens (tertiary/aromatic N) is 4. The third-order valence-corrected chi connectivity index (χ3v) is 6.33. The number of hydrogen-bond acceptors (Lipinski definition) is 7. The highest BCUT2D eigenvalue weighted by atomic mass is 35.5. The van der Waals surface area contributed by atoms with Gasteiger partial charge in [-0.2, -0.15) is 0 Å². The molecule has 10 heteroatoms. The molecule has 2 aromatic heterocycles. The molecule has 1 aliphatic rings. The molecular weight excluding hydrogens is 438 g/mol. The van der Waals surface area contributed by atoms with Gasteiger partial charge in [0, 0.05) is 36.0 Å². The number of rotatable bonds is 5. The van der Waals surface area contributed by atoms with Crippen molar-refractivity contribution in [1.29, 1.82) is 0 Å². The van der Waals surface area contributed by atoms with Crippen LogP contribution in [0.25, 0.3) is 17.0 Å². The first-order chi connectivity index (χ1) is 15.0. The molecule has 0 radical (unpaired) electrons. The fraction of sp³-hybridized carbons (Fsp3) is 0.238. The Morgan fingerprint density at radius 3 is 2.87 bits per heavy atom. The molecule has 1 fully saturated rings.